The molecule has 1 aromatic carbocycles. The highest BCUT2D eigenvalue weighted by atomic mass is 79.9. The van der Waals surface area contributed by atoms with Crippen molar-refractivity contribution in [3.05, 3.63) is 50.3 Å². The maximum Gasteiger partial charge on any atom is 0.338 e. The number of carbonyl (C=O) groups is 1. The van der Waals surface area contributed by atoms with Gasteiger partial charge in [0, 0.05) is 11.5 Å². The molecule has 0 saturated carbocycles. The zero-order valence-corrected chi connectivity index (χ0v) is 15.5. The minimum absolute atomic E-state index is 0.0260. The third-order valence-electron chi connectivity index (χ3n) is 2.91. The van der Waals surface area contributed by atoms with Gasteiger partial charge < -0.3 is 9.52 Å². The Kier molecular flexibility index (Phi) is 5.42. The number of hydrogen-bond acceptors (Lipinski definition) is 4. The average molecular weight is 443 g/mol. The van der Waals surface area contributed by atoms with Gasteiger partial charge in [-0.1, -0.05) is 39.1 Å². The van der Waals surface area contributed by atoms with Gasteiger partial charge in [0.25, 0.3) is 0 Å². The zero-order valence-electron chi connectivity index (χ0n) is 11.6. The second kappa shape index (κ2) is 6.82. The van der Waals surface area contributed by atoms with Gasteiger partial charge in [-0.05, 0) is 18.2 Å². The van der Waals surface area contributed by atoms with Gasteiger partial charge in [-0.25, -0.2) is 13.2 Å². The van der Waals surface area contributed by atoms with Crippen molar-refractivity contribution < 1.29 is 22.7 Å². The Morgan fingerprint density at radius 2 is 1.87 bits per heavy atom. The molecule has 0 amide bonds. The van der Waals surface area contributed by atoms with E-state index in [-0.39, 0.29) is 32.8 Å². The monoisotopic (exact) mass is 441 g/mol. The number of carboxylic acid groups (broad SMARTS) is 1. The summed E-state index contributed by atoms with van der Waals surface area (Å²) in [7, 11) is -2.67. The molecule has 23 heavy (non-hydrogen) atoms. The first kappa shape index (κ1) is 18.3. The first-order valence-corrected chi connectivity index (χ1v) is 9.03. The summed E-state index contributed by atoms with van der Waals surface area (Å²) >= 11 is 15.2. The van der Waals surface area contributed by atoms with Crippen molar-refractivity contribution in [1.82, 2.24) is 4.31 Å². The summed E-state index contributed by atoms with van der Waals surface area (Å²) in [6.45, 7) is -0.168. The van der Waals surface area contributed by atoms with Gasteiger partial charge in [0.15, 0.2) is 0 Å². The van der Waals surface area contributed by atoms with Crippen molar-refractivity contribution in [2.24, 2.45) is 0 Å². The molecular weight excluding hydrogens is 433 g/mol. The quantitative estimate of drug-likeness (QED) is 0.759. The summed E-state index contributed by atoms with van der Waals surface area (Å²) in [6, 6.07) is 4.09. The molecule has 2 aromatic rings. The van der Waals surface area contributed by atoms with Gasteiger partial charge in [0.1, 0.15) is 16.9 Å². The number of aromatic carboxylic acids is 1. The van der Waals surface area contributed by atoms with E-state index in [2.05, 4.69) is 15.9 Å². The lowest BCUT2D eigenvalue weighted by molar-refractivity contribution is 0.0696. The summed E-state index contributed by atoms with van der Waals surface area (Å²) in [4.78, 5) is 10.6. The van der Waals surface area contributed by atoms with Crippen molar-refractivity contribution in [3.63, 3.8) is 0 Å². The van der Waals surface area contributed by atoms with Gasteiger partial charge in [0.2, 0.25) is 10.0 Å². The van der Waals surface area contributed by atoms with E-state index in [1.54, 1.807) is 0 Å². The molecule has 124 valence electrons. The molecule has 1 heterocycles. The van der Waals surface area contributed by atoms with E-state index in [0.717, 1.165) is 10.6 Å². The van der Waals surface area contributed by atoms with Gasteiger partial charge in [-0.15, -0.1) is 0 Å². The van der Waals surface area contributed by atoms with Crippen LogP contribution in [0.3, 0.4) is 0 Å². The molecule has 1 aromatic heterocycles. The lowest BCUT2D eigenvalue weighted by Crippen LogP contribution is -2.27. The van der Waals surface area contributed by atoms with E-state index in [0.29, 0.717) is 4.47 Å². The third-order valence-corrected chi connectivity index (χ3v) is 6.09. The van der Waals surface area contributed by atoms with Crippen molar-refractivity contribution in [1.29, 1.82) is 0 Å². The Labute approximate surface area is 150 Å². The fraction of sp³-hybridized carbons (Fsp3) is 0.154. The Bertz CT molecular complexity index is 842. The molecule has 0 spiro atoms. The Hall–Kier alpha value is -1.06. The average Bonchev–Trinajstić information content (AvgIpc) is 2.85. The Balaban J connectivity index is 2.34. The number of sulfonamides is 1. The molecule has 0 unspecified atom stereocenters. The predicted octanol–water partition coefficient (Wildman–Crippen LogP) is 3.87. The molecule has 6 nitrogen and oxygen atoms in total. The van der Waals surface area contributed by atoms with E-state index in [1.165, 1.54) is 25.2 Å². The summed E-state index contributed by atoms with van der Waals surface area (Å²) < 4.78 is 31.8. The molecule has 0 aliphatic carbocycles. The van der Waals surface area contributed by atoms with E-state index >= 15 is 0 Å². The molecule has 0 bridgehead atoms. The standard InChI is InChI=1S/C13H10BrCl2NO5S/c1-17(5-9-2-7(6-22-9)13(18)19)23(20,21)12-10(15)3-8(14)4-11(12)16/h2-4,6H,5H2,1H3,(H,18,19). The van der Waals surface area contributed by atoms with Crippen LogP contribution < -0.4 is 0 Å². The number of nitrogens with zero attached hydrogens (tertiary/aromatic N) is 1. The highest BCUT2D eigenvalue weighted by Crippen LogP contribution is 2.34. The second-order valence-corrected chi connectivity index (χ2v) is 8.28. The van der Waals surface area contributed by atoms with Crippen LogP contribution in [0, 0.1) is 0 Å². The lowest BCUT2D eigenvalue weighted by atomic mass is 10.3. The van der Waals surface area contributed by atoms with Crippen LogP contribution in [0.1, 0.15) is 16.1 Å². The molecule has 0 saturated heterocycles. The molecule has 10 heteroatoms. The number of rotatable bonds is 5. The van der Waals surface area contributed by atoms with Crippen LogP contribution in [0.25, 0.3) is 0 Å². The molecule has 0 aliphatic rings. The van der Waals surface area contributed by atoms with Gasteiger partial charge in [-0.2, -0.15) is 4.31 Å². The maximum atomic E-state index is 12.6. The molecule has 0 aliphatic heterocycles. The van der Waals surface area contributed by atoms with Crippen LogP contribution in [0.4, 0.5) is 0 Å². The fourth-order valence-electron chi connectivity index (χ4n) is 1.81. The van der Waals surface area contributed by atoms with Crippen molar-refractivity contribution >= 4 is 55.1 Å². The van der Waals surface area contributed by atoms with Crippen LogP contribution in [0.15, 0.2) is 38.2 Å². The van der Waals surface area contributed by atoms with Crippen molar-refractivity contribution in [3.8, 4) is 0 Å². The van der Waals surface area contributed by atoms with Gasteiger partial charge in [0.05, 0.1) is 22.2 Å². The number of carboxylic acids is 1. The number of hydrogen-bond donors (Lipinski definition) is 1. The molecule has 2 rings (SSSR count). The minimum atomic E-state index is -3.99. The van der Waals surface area contributed by atoms with E-state index in [1.807, 2.05) is 0 Å². The van der Waals surface area contributed by atoms with Gasteiger partial charge >= 0.3 is 5.97 Å². The minimum Gasteiger partial charge on any atom is -0.478 e. The van der Waals surface area contributed by atoms with Crippen molar-refractivity contribution in [2.45, 2.75) is 11.4 Å². The second-order valence-electron chi connectivity index (χ2n) is 4.57. The Morgan fingerprint density at radius 1 is 1.30 bits per heavy atom. The Morgan fingerprint density at radius 3 is 2.35 bits per heavy atom. The van der Waals surface area contributed by atoms with Crippen LogP contribution in [0.2, 0.25) is 10.0 Å². The summed E-state index contributed by atoms with van der Waals surface area (Å²) in [5, 5.41) is 8.79. The van der Waals surface area contributed by atoms with Crippen LogP contribution in [-0.2, 0) is 16.6 Å². The first-order valence-electron chi connectivity index (χ1n) is 6.04. The third kappa shape index (κ3) is 3.89. The number of halogens is 3. The summed E-state index contributed by atoms with van der Waals surface area (Å²) in [5.74, 6) is -0.984. The van der Waals surface area contributed by atoms with Crippen molar-refractivity contribution in [2.75, 3.05) is 7.05 Å². The maximum absolute atomic E-state index is 12.6. The largest absolute Gasteiger partial charge is 0.478 e. The van der Waals surface area contributed by atoms with Gasteiger partial charge in [-0.3, -0.25) is 0 Å². The molecule has 0 radical (unpaired) electrons. The summed E-state index contributed by atoms with van der Waals surface area (Å²) in [6.07, 6.45) is 1.04. The van der Waals surface area contributed by atoms with Crippen LogP contribution in [-0.4, -0.2) is 30.8 Å². The highest BCUT2D eigenvalue weighted by molar-refractivity contribution is 9.10. The topological polar surface area (TPSA) is 87.8 Å². The summed E-state index contributed by atoms with van der Waals surface area (Å²) in [5.41, 5.74) is -0.0643. The molecule has 0 fully saturated rings. The SMILES string of the molecule is CN(Cc1cc(C(=O)O)co1)S(=O)(=O)c1c(Cl)cc(Br)cc1Cl. The number of benzene rings is 1. The van der Waals surface area contributed by atoms with Crippen LogP contribution >= 0.6 is 39.1 Å². The zero-order chi connectivity index (χ0) is 17.4. The highest BCUT2D eigenvalue weighted by Gasteiger charge is 2.28. The lowest BCUT2D eigenvalue weighted by Gasteiger charge is -2.18. The molecule has 0 atom stereocenters. The fourth-order valence-corrected chi connectivity index (χ4v) is 4.82. The molecule has 1 N–H and O–H groups in total. The predicted molar refractivity (Wildman–Crippen MR) is 88.5 cm³/mol. The first-order chi connectivity index (χ1) is 10.6. The normalized spacial score (nSPS) is 11.9. The van der Waals surface area contributed by atoms with E-state index in [4.69, 9.17) is 32.7 Å². The van der Waals surface area contributed by atoms with E-state index < -0.39 is 16.0 Å². The van der Waals surface area contributed by atoms with E-state index in [9.17, 15) is 13.2 Å². The number of furan rings is 1. The smallest absolute Gasteiger partial charge is 0.338 e. The molecular formula is C13H10BrCl2NO5S. The van der Waals surface area contributed by atoms with Crippen LogP contribution in [0.5, 0.6) is 0 Å².